The van der Waals surface area contributed by atoms with Gasteiger partial charge in [-0.05, 0) is 63.6 Å². The number of nitrogens with one attached hydrogen (secondary N) is 2. The average molecular weight is 370 g/mol. The minimum Gasteiger partial charge on any atom is -0.355 e. The first-order valence-electron chi connectivity index (χ1n) is 10.2. The average Bonchev–Trinajstić information content (AvgIpc) is 2.70. The number of piperidine rings is 1. The van der Waals surface area contributed by atoms with Crippen molar-refractivity contribution in [3.8, 4) is 0 Å². The van der Waals surface area contributed by atoms with E-state index in [9.17, 15) is 9.59 Å². The normalized spacial score (nSPS) is 20.6. The van der Waals surface area contributed by atoms with E-state index in [1.807, 2.05) is 30.3 Å². The molecule has 0 aromatic heterocycles. The number of likely N-dealkylation sites (tertiary alicyclic amines) is 1. The summed E-state index contributed by atoms with van der Waals surface area (Å²) in [5.41, 5.74) is 2.31. The van der Waals surface area contributed by atoms with Gasteiger partial charge in [-0.2, -0.15) is 0 Å². The summed E-state index contributed by atoms with van der Waals surface area (Å²) in [6.45, 7) is 2.63. The van der Waals surface area contributed by atoms with Crippen molar-refractivity contribution in [1.82, 2.24) is 10.2 Å². The Morgan fingerprint density at radius 2 is 1.96 bits per heavy atom. The molecule has 1 aliphatic heterocycles. The van der Waals surface area contributed by atoms with Crippen molar-refractivity contribution in [2.24, 2.45) is 5.92 Å². The van der Waals surface area contributed by atoms with Crippen molar-refractivity contribution in [1.29, 1.82) is 0 Å². The van der Waals surface area contributed by atoms with Gasteiger partial charge in [0, 0.05) is 18.8 Å². The van der Waals surface area contributed by atoms with Crippen LogP contribution in [0, 0.1) is 5.92 Å². The molecule has 0 spiro atoms. The van der Waals surface area contributed by atoms with E-state index in [1.165, 1.54) is 31.3 Å². The predicted octanol–water partition coefficient (Wildman–Crippen LogP) is 3.34. The van der Waals surface area contributed by atoms with Crippen LogP contribution in [0.15, 0.2) is 42.0 Å². The van der Waals surface area contributed by atoms with E-state index in [1.54, 1.807) is 0 Å². The zero-order valence-electron chi connectivity index (χ0n) is 16.1. The lowest BCUT2D eigenvalue weighted by atomic mass is 9.97. The molecule has 2 N–H and O–H groups in total. The molecule has 1 heterocycles. The summed E-state index contributed by atoms with van der Waals surface area (Å²) in [5, 5.41) is 6.02. The number of carbonyl (C=O) groups excluding carboxylic acids is 2. The van der Waals surface area contributed by atoms with Gasteiger partial charge in [0.05, 0.1) is 12.5 Å². The first-order valence-corrected chi connectivity index (χ1v) is 10.2. The van der Waals surface area contributed by atoms with Crippen molar-refractivity contribution in [2.75, 3.05) is 31.5 Å². The van der Waals surface area contributed by atoms with Gasteiger partial charge >= 0.3 is 0 Å². The number of rotatable bonds is 7. The summed E-state index contributed by atoms with van der Waals surface area (Å²) in [4.78, 5) is 26.9. The van der Waals surface area contributed by atoms with Gasteiger partial charge in [-0.3, -0.25) is 14.5 Å². The number of allylic oxidation sites excluding steroid dienone is 1. The standard InChI is InChI=1S/C22H31N3O2/c26-21(23-14-13-18-8-3-1-4-9-18)17-25-15-7-10-19(16-25)22(27)24-20-11-5-2-6-12-20/h2,5-6,8,11-12,19H,1,3-4,7,9-10,13-17H2,(H,23,26)(H,24,27)/t19-/m1/s1. The van der Waals surface area contributed by atoms with Gasteiger partial charge < -0.3 is 10.6 Å². The molecule has 1 aromatic carbocycles. The van der Waals surface area contributed by atoms with Crippen molar-refractivity contribution in [3.63, 3.8) is 0 Å². The Hall–Kier alpha value is -2.14. The molecule has 5 heteroatoms. The number of benzene rings is 1. The van der Waals surface area contributed by atoms with Crippen LogP contribution in [0.2, 0.25) is 0 Å². The lowest BCUT2D eigenvalue weighted by Gasteiger charge is -2.31. The van der Waals surface area contributed by atoms with Crippen LogP contribution in [-0.4, -0.2) is 42.9 Å². The molecule has 146 valence electrons. The maximum absolute atomic E-state index is 12.5. The van der Waals surface area contributed by atoms with Gasteiger partial charge in [0.1, 0.15) is 0 Å². The van der Waals surface area contributed by atoms with Gasteiger partial charge in [-0.15, -0.1) is 0 Å². The molecule has 1 aliphatic carbocycles. The van der Waals surface area contributed by atoms with E-state index in [-0.39, 0.29) is 17.7 Å². The molecule has 1 saturated heterocycles. The number of anilines is 1. The second-order valence-corrected chi connectivity index (χ2v) is 7.64. The molecule has 27 heavy (non-hydrogen) atoms. The second kappa shape index (κ2) is 10.3. The monoisotopic (exact) mass is 369 g/mol. The predicted molar refractivity (Wildman–Crippen MR) is 108 cm³/mol. The number of hydrogen-bond donors (Lipinski definition) is 2. The van der Waals surface area contributed by atoms with E-state index in [2.05, 4.69) is 21.6 Å². The lowest BCUT2D eigenvalue weighted by molar-refractivity contribution is -0.125. The first kappa shape index (κ1) is 19.6. The van der Waals surface area contributed by atoms with Crippen LogP contribution in [0.3, 0.4) is 0 Å². The van der Waals surface area contributed by atoms with Crippen LogP contribution in [0.1, 0.15) is 44.9 Å². The fraction of sp³-hybridized carbons (Fsp3) is 0.545. The maximum atomic E-state index is 12.5. The third-order valence-electron chi connectivity index (χ3n) is 5.44. The van der Waals surface area contributed by atoms with Crippen LogP contribution in [0.5, 0.6) is 0 Å². The Morgan fingerprint density at radius 1 is 1.11 bits per heavy atom. The molecule has 3 rings (SSSR count). The minimum atomic E-state index is -0.0563. The Morgan fingerprint density at radius 3 is 2.74 bits per heavy atom. The SMILES string of the molecule is O=C(CN1CCC[C@@H](C(=O)Nc2ccccc2)C1)NCCC1=CCCCC1. The number of carbonyl (C=O) groups is 2. The molecule has 0 saturated carbocycles. The van der Waals surface area contributed by atoms with Crippen molar-refractivity contribution in [2.45, 2.75) is 44.9 Å². The highest BCUT2D eigenvalue weighted by atomic mass is 16.2. The van der Waals surface area contributed by atoms with E-state index in [0.29, 0.717) is 13.1 Å². The first-order chi connectivity index (χ1) is 13.2. The Kier molecular flexibility index (Phi) is 7.45. The van der Waals surface area contributed by atoms with Crippen LogP contribution in [-0.2, 0) is 9.59 Å². The largest absolute Gasteiger partial charge is 0.355 e. The molecule has 1 aromatic rings. The maximum Gasteiger partial charge on any atom is 0.234 e. The fourth-order valence-corrected chi connectivity index (χ4v) is 3.93. The third kappa shape index (κ3) is 6.51. The highest BCUT2D eigenvalue weighted by Crippen LogP contribution is 2.20. The summed E-state index contributed by atoms with van der Waals surface area (Å²) in [6.07, 6.45) is 10.1. The van der Waals surface area contributed by atoms with Crippen LogP contribution >= 0.6 is 0 Å². The topological polar surface area (TPSA) is 61.4 Å². The van der Waals surface area contributed by atoms with Gasteiger partial charge in [0.15, 0.2) is 0 Å². The second-order valence-electron chi connectivity index (χ2n) is 7.64. The van der Waals surface area contributed by atoms with Gasteiger partial charge in [0.25, 0.3) is 0 Å². The molecular weight excluding hydrogens is 338 g/mol. The smallest absolute Gasteiger partial charge is 0.234 e. The Balaban J connectivity index is 1.39. The zero-order chi connectivity index (χ0) is 18.9. The number of hydrogen-bond acceptors (Lipinski definition) is 3. The molecule has 1 fully saturated rings. The minimum absolute atomic E-state index is 0.0514. The molecule has 2 amide bonds. The summed E-state index contributed by atoms with van der Waals surface area (Å²) in [7, 11) is 0. The third-order valence-corrected chi connectivity index (χ3v) is 5.44. The molecule has 2 aliphatic rings. The van der Waals surface area contributed by atoms with Crippen LogP contribution < -0.4 is 10.6 Å². The highest BCUT2D eigenvalue weighted by molar-refractivity contribution is 5.92. The van der Waals surface area contributed by atoms with Crippen molar-refractivity contribution >= 4 is 17.5 Å². The van der Waals surface area contributed by atoms with Gasteiger partial charge in [-0.1, -0.05) is 29.8 Å². The highest BCUT2D eigenvalue weighted by Gasteiger charge is 2.26. The summed E-state index contributed by atoms with van der Waals surface area (Å²) in [6, 6.07) is 9.55. The molecule has 1 atom stereocenters. The molecule has 5 nitrogen and oxygen atoms in total. The Labute approximate surface area is 162 Å². The van der Waals surface area contributed by atoms with E-state index < -0.39 is 0 Å². The lowest BCUT2D eigenvalue weighted by Crippen LogP contribution is -2.45. The summed E-state index contributed by atoms with van der Waals surface area (Å²) in [5.74, 6) is 0.0604. The Bertz CT molecular complexity index is 657. The van der Waals surface area contributed by atoms with Crippen LogP contribution in [0.4, 0.5) is 5.69 Å². The van der Waals surface area contributed by atoms with E-state index in [0.717, 1.165) is 38.0 Å². The van der Waals surface area contributed by atoms with Gasteiger partial charge in [0.2, 0.25) is 11.8 Å². The quantitative estimate of drug-likeness (QED) is 0.725. The summed E-state index contributed by atoms with van der Waals surface area (Å²) >= 11 is 0. The summed E-state index contributed by atoms with van der Waals surface area (Å²) < 4.78 is 0. The number of para-hydroxylation sites is 1. The molecule has 0 bridgehead atoms. The van der Waals surface area contributed by atoms with Crippen molar-refractivity contribution < 1.29 is 9.59 Å². The number of nitrogens with zero attached hydrogens (tertiary/aromatic N) is 1. The molecule has 0 radical (unpaired) electrons. The van der Waals surface area contributed by atoms with Gasteiger partial charge in [-0.25, -0.2) is 0 Å². The van der Waals surface area contributed by atoms with Crippen LogP contribution in [0.25, 0.3) is 0 Å². The molecular formula is C22H31N3O2. The zero-order valence-corrected chi connectivity index (χ0v) is 16.1. The van der Waals surface area contributed by atoms with E-state index in [4.69, 9.17) is 0 Å². The fourth-order valence-electron chi connectivity index (χ4n) is 3.93. The van der Waals surface area contributed by atoms with E-state index >= 15 is 0 Å². The number of amides is 2. The van der Waals surface area contributed by atoms with Crippen molar-refractivity contribution in [3.05, 3.63) is 42.0 Å². The molecule has 0 unspecified atom stereocenters.